The molecule has 0 aromatic rings. The monoisotopic (exact) mass is 118 g/mol. The quantitative estimate of drug-likeness (QED) is 0.469. The molecule has 0 spiro atoms. The third kappa shape index (κ3) is 0.482. The summed E-state index contributed by atoms with van der Waals surface area (Å²) in [5.74, 6) is -2.72. The predicted octanol–water partition coefficient (Wildman–Crippen LogP) is 0.707. The van der Waals surface area contributed by atoms with Crippen LogP contribution in [0.15, 0.2) is 0 Å². The first-order chi connectivity index (χ1) is 3.69. The highest BCUT2D eigenvalue weighted by molar-refractivity contribution is 5.15. The van der Waals surface area contributed by atoms with Crippen molar-refractivity contribution < 1.29 is 13.5 Å². The Morgan fingerprint density at radius 1 is 1.88 bits per heavy atom. The maximum Gasteiger partial charge on any atom is 0.337 e. The van der Waals surface area contributed by atoms with Crippen LogP contribution in [0.3, 0.4) is 0 Å². The van der Waals surface area contributed by atoms with Gasteiger partial charge in [0.15, 0.2) is 0 Å². The van der Waals surface area contributed by atoms with E-state index in [0.29, 0.717) is 0 Å². The Balaban J connectivity index is 2.59. The van der Waals surface area contributed by atoms with Crippen molar-refractivity contribution in [2.24, 2.45) is 0 Å². The molecule has 1 aliphatic heterocycles. The molecule has 0 N–H and O–H groups in total. The SMILES string of the molecule is N#CC1(F)OC[C]1F. The lowest BCUT2D eigenvalue weighted by atomic mass is 10.1. The topological polar surface area (TPSA) is 33.0 Å². The molecular formula is C4H2F2NO. The Morgan fingerprint density at radius 3 is 2.50 bits per heavy atom. The number of rotatable bonds is 0. The van der Waals surface area contributed by atoms with Gasteiger partial charge in [0.25, 0.3) is 0 Å². The molecule has 0 aliphatic carbocycles. The molecule has 1 atom stereocenters. The van der Waals surface area contributed by atoms with Crippen LogP contribution < -0.4 is 0 Å². The molecule has 2 nitrogen and oxygen atoms in total. The highest BCUT2D eigenvalue weighted by Crippen LogP contribution is 2.36. The Labute approximate surface area is 44.7 Å². The largest absolute Gasteiger partial charge is 0.337 e. The van der Waals surface area contributed by atoms with Crippen molar-refractivity contribution in [1.82, 2.24) is 0 Å². The summed E-state index contributed by atoms with van der Waals surface area (Å²) in [6, 6.07) is 1.03. The first-order valence-corrected chi connectivity index (χ1v) is 1.95. The van der Waals surface area contributed by atoms with Crippen LogP contribution in [0.4, 0.5) is 8.78 Å². The van der Waals surface area contributed by atoms with Crippen molar-refractivity contribution in [1.29, 1.82) is 5.26 Å². The minimum absolute atomic E-state index is 0.385. The molecule has 1 unspecified atom stereocenters. The summed E-state index contributed by atoms with van der Waals surface area (Å²) >= 11 is 0. The van der Waals surface area contributed by atoms with E-state index in [1.165, 1.54) is 0 Å². The summed E-state index contributed by atoms with van der Waals surface area (Å²) in [4.78, 5) is 0. The summed E-state index contributed by atoms with van der Waals surface area (Å²) in [5.41, 5.74) is 0. The molecule has 0 aromatic carbocycles. The van der Waals surface area contributed by atoms with Gasteiger partial charge in [0.2, 0.25) is 6.17 Å². The second-order valence-corrected chi connectivity index (χ2v) is 1.40. The van der Waals surface area contributed by atoms with Crippen molar-refractivity contribution in [2.75, 3.05) is 6.61 Å². The minimum Gasteiger partial charge on any atom is -0.328 e. The second-order valence-electron chi connectivity index (χ2n) is 1.40. The van der Waals surface area contributed by atoms with Gasteiger partial charge in [0.05, 0.1) is 6.61 Å². The molecule has 1 fully saturated rings. The Morgan fingerprint density at radius 2 is 2.50 bits per heavy atom. The van der Waals surface area contributed by atoms with E-state index in [9.17, 15) is 8.78 Å². The molecule has 1 heterocycles. The zero-order valence-electron chi connectivity index (χ0n) is 3.82. The van der Waals surface area contributed by atoms with Gasteiger partial charge in [-0.05, 0) is 0 Å². The van der Waals surface area contributed by atoms with E-state index >= 15 is 0 Å². The number of ether oxygens (including phenoxy) is 1. The van der Waals surface area contributed by atoms with Crippen LogP contribution in [0.1, 0.15) is 0 Å². The Bertz CT molecular complexity index is 143. The summed E-state index contributed by atoms with van der Waals surface area (Å²) in [6.07, 6.45) is -1.04. The molecule has 0 amide bonds. The molecular weight excluding hydrogens is 116 g/mol. The van der Waals surface area contributed by atoms with Crippen LogP contribution in [-0.2, 0) is 4.74 Å². The third-order valence-electron chi connectivity index (χ3n) is 0.890. The maximum absolute atomic E-state index is 12.0. The van der Waals surface area contributed by atoms with Gasteiger partial charge in [-0.1, -0.05) is 0 Å². The second kappa shape index (κ2) is 1.39. The van der Waals surface area contributed by atoms with Crippen LogP contribution >= 0.6 is 0 Å². The Kier molecular flexibility index (Phi) is 0.947. The van der Waals surface area contributed by atoms with Crippen molar-refractivity contribution in [2.45, 2.75) is 5.85 Å². The fraction of sp³-hybridized carbons (Fsp3) is 0.500. The molecule has 0 saturated carbocycles. The molecule has 4 heteroatoms. The smallest absolute Gasteiger partial charge is 0.328 e. The average molecular weight is 118 g/mol. The molecule has 43 valence electrons. The van der Waals surface area contributed by atoms with E-state index in [1.807, 2.05) is 0 Å². The van der Waals surface area contributed by atoms with E-state index in [0.717, 1.165) is 6.07 Å². The molecule has 1 saturated heterocycles. The first kappa shape index (κ1) is 5.45. The van der Waals surface area contributed by atoms with Gasteiger partial charge in [-0.2, -0.15) is 9.65 Å². The van der Waals surface area contributed by atoms with E-state index in [4.69, 9.17) is 5.26 Å². The van der Waals surface area contributed by atoms with Gasteiger partial charge in [0.1, 0.15) is 6.07 Å². The number of halogens is 2. The lowest BCUT2D eigenvalue weighted by Gasteiger charge is -2.29. The van der Waals surface area contributed by atoms with E-state index in [1.54, 1.807) is 0 Å². The van der Waals surface area contributed by atoms with Crippen LogP contribution in [0.25, 0.3) is 0 Å². The predicted molar refractivity (Wildman–Crippen MR) is 19.8 cm³/mol. The van der Waals surface area contributed by atoms with Gasteiger partial charge >= 0.3 is 5.85 Å². The summed E-state index contributed by atoms with van der Waals surface area (Å²) in [5, 5.41) is 7.80. The van der Waals surface area contributed by atoms with Crippen molar-refractivity contribution in [3.05, 3.63) is 6.17 Å². The number of hydrogen-bond acceptors (Lipinski definition) is 2. The van der Waals surface area contributed by atoms with Crippen molar-refractivity contribution >= 4 is 0 Å². The molecule has 8 heavy (non-hydrogen) atoms. The van der Waals surface area contributed by atoms with E-state index in [-0.39, 0.29) is 6.61 Å². The summed E-state index contributed by atoms with van der Waals surface area (Å²) in [6.45, 7) is -0.385. The minimum atomic E-state index is -2.72. The fourth-order valence-corrected chi connectivity index (χ4v) is 0.346. The number of nitrogens with zero attached hydrogens (tertiary/aromatic N) is 1. The van der Waals surface area contributed by atoms with Crippen LogP contribution in [0.5, 0.6) is 0 Å². The highest BCUT2D eigenvalue weighted by atomic mass is 19.2. The third-order valence-corrected chi connectivity index (χ3v) is 0.890. The van der Waals surface area contributed by atoms with E-state index < -0.39 is 12.0 Å². The van der Waals surface area contributed by atoms with Crippen molar-refractivity contribution in [3.63, 3.8) is 0 Å². The average Bonchev–Trinajstić information content (AvgIpc) is 1.83. The lowest BCUT2D eigenvalue weighted by Crippen LogP contribution is -2.44. The first-order valence-electron chi connectivity index (χ1n) is 1.95. The summed E-state index contributed by atoms with van der Waals surface area (Å²) < 4.78 is 27.7. The van der Waals surface area contributed by atoms with Gasteiger partial charge < -0.3 is 4.74 Å². The van der Waals surface area contributed by atoms with E-state index in [2.05, 4.69) is 4.74 Å². The molecule has 0 bridgehead atoms. The normalized spacial score (nSPS) is 38.1. The van der Waals surface area contributed by atoms with Gasteiger partial charge in [-0.3, -0.25) is 0 Å². The van der Waals surface area contributed by atoms with Gasteiger partial charge in [-0.25, -0.2) is 4.39 Å². The fourth-order valence-electron chi connectivity index (χ4n) is 0.346. The van der Waals surface area contributed by atoms with Gasteiger partial charge in [0, 0.05) is 0 Å². The lowest BCUT2D eigenvalue weighted by molar-refractivity contribution is -0.193. The number of hydrogen-bond donors (Lipinski definition) is 0. The van der Waals surface area contributed by atoms with Crippen LogP contribution in [0.2, 0.25) is 0 Å². The zero-order chi connectivity index (χ0) is 6.20. The zero-order valence-corrected chi connectivity index (χ0v) is 3.82. The molecule has 1 radical (unpaired) electrons. The van der Waals surface area contributed by atoms with Gasteiger partial charge in [-0.15, -0.1) is 0 Å². The number of alkyl halides is 1. The molecule has 0 aromatic heterocycles. The standard InChI is InChI=1S/C4H2F2NO/c5-3-1-8-4(3,6)2-7/h1H2. The number of nitriles is 1. The van der Waals surface area contributed by atoms with Crippen LogP contribution in [0, 0.1) is 17.5 Å². The maximum atomic E-state index is 12.0. The van der Waals surface area contributed by atoms with Crippen LogP contribution in [-0.4, -0.2) is 12.5 Å². The van der Waals surface area contributed by atoms with Crippen molar-refractivity contribution in [3.8, 4) is 6.07 Å². The Hall–Kier alpha value is -0.690. The molecule has 1 rings (SSSR count). The highest BCUT2D eigenvalue weighted by Gasteiger charge is 2.52. The summed E-state index contributed by atoms with van der Waals surface area (Å²) in [7, 11) is 0. The molecule has 1 aliphatic rings.